The number of sulfonamides is 1. The van der Waals surface area contributed by atoms with E-state index in [2.05, 4.69) is 10.0 Å². The molecule has 0 aliphatic carbocycles. The van der Waals surface area contributed by atoms with Gasteiger partial charge in [-0.15, -0.1) is 12.4 Å². The van der Waals surface area contributed by atoms with Gasteiger partial charge in [0.05, 0.1) is 5.75 Å². The summed E-state index contributed by atoms with van der Waals surface area (Å²) in [5.41, 5.74) is 0. The lowest BCUT2D eigenvalue weighted by Crippen LogP contribution is -2.43. The number of carboxylic acid groups (broad SMARTS) is 1. The number of aliphatic carboxylic acids is 1. The van der Waals surface area contributed by atoms with Gasteiger partial charge in [0.15, 0.2) is 0 Å². The number of hydrogen-bond donors (Lipinski definition) is 3. The molecule has 8 heteroatoms. The van der Waals surface area contributed by atoms with Crippen LogP contribution in [0.5, 0.6) is 0 Å². The van der Waals surface area contributed by atoms with E-state index in [1.54, 1.807) is 0 Å². The summed E-state index contributed by atoms with van der Waals surface area (Å²) < 4.78 is 24.0. The summed E-state index contributed by atoms with van der Waals surface area (Å²) in [6.07, 6.45) is 0. The first-order valence-corrected chi connectivity index (χ1v) is 5.10. The van der Waals surface area contributed by atoms with Crippen molar-refractivity contribution < 1.29 is 18.3 Å². The Bertz CT molecular complexity index is 278. The number of hydrogen-bond acceptors (Lipinski definition) is 4. The van der Waals surface area contributed by atoms with E-state index < -0.39 is 22.0 Å². The van der Waals surface area contributed by atoms with Crippen molar-refractivity contribution in [1.82, 2.24) is 10.0 Å². The number of halogens is 1. The van der Waals surface area contributed by atoms with Crippen LogP contribution in [0.25, 0.3) is 0 Å². The van der Waals surface area contributed by atoms with Crippen LogP contribution in [0.4, 0.5) is 0 Å². The monoisotopic (exact) mass is 230 g/mol. The molecule has 0 aromatic heterocycles. The zero-order valence-corrected chi connectivity index (χ0v) is 8.32. The van der Waals surface area contributed by atoms with E-state index in [1.165, 1.54) is 0 Å². The molecule has 0 aromatic rings. The average molecular weight is 231 g/mol. The molecule has 1 fully saturated rings. The molecular weight excluding hydrogens is 220 g/mol. The molecular formula is C5H11ClN2O4S. The Balaban J connectivity index is 0.00000144. The second-order valence-electron chi connectivity index (χ2n) is 2.53. The maximum Gasteiger partial charge on any atom is 0.323 e. The predicted octanol–water partition coefficient (Wildman–Crippen LogP) is -1.62. The lowest BCUT2D eigenvalue weighted by molar-refractivity contribution is -0.138. The van der Waals surface area contributed by atoms with Crippen molar-refractivity contribution in [2.45, 2.75) is 6.04 Å². The van der Waals surface area contributed by atoms with Gasteiger partial charge in [-0.05, 0) is 0 Å². The zero-order chi connectivity index (χ0) is 9.19. The van der Waals surface area contributed by atoms with Gasteiger partial charge in [0, 0.05) is 13.1 Å². The molecule has 1 aliphatic heterocycles. The van der Waals surface area contributed by atoms with Gasteiger partial charge in [-0.1, -0.05) is 0 Å². The van der Waals surface area contributed by atoms with Crippen LogP contribution in [-0.4, -0.2) is 44.4 Å². The van der Waals surface area contributed by atoms with Crippen molar-refractivity contribution >= 4 is 28.4 Å². The summed E-state index contributed by atoms with van der Waals surface area (Å²) in [5.74, 6) is -1.23. The molecule has 1 atom stereocenters. The van der Waals surface area contributed by atoms with Crippen LogP contribution in [0.3, 0.4) is 0 Å². The van der Waals surface area contributed by atoms with Crippen molar-refractivity contribution in [3.8, 4) is 0 Å². The number of nitrogens with one attached hydrogen (secondary N) is 2. The summed E-state index contributed by atoms with van der Waals surface area (Å²) in [6.45, 7) is 0.424. The van der Waals surface area contributed by atoms with Crippen molar-refractivity contribution in [1.29, 1.82) is 0 Å². The van der Waals surface area contributed by atoms with Crippen molar-refractivity contribution in [3.05, 3.63) is 0 Å². The first-order chi connectivity index (χ1) is 5.51. The van der Waals surface area contributed by atoms with Crippen molar-refractivity contribution in [3.63, 3.8) is 0 Å². The molecule has 1 rings (SSSR count). The fourth-order valence-electron chi connectivity index (χ4n) is 0.908. The van der Waals surface area contributed by atoms with Crippen LogP contribution in [0.1, 0.15) is 0 Å². The Morgan fingerprint density at radius 1 is 1.46 bits per heavy atom. The minimum absolute atomic E-state index is 0. The normalized spacial score (nSPS) is 26.9. The number of carboxylic acids is 1. The Hall–Kier alpha value is -0.370. The Kier molecular flexibility index (Phi) is 4.62. The van der Waals surface area contributed by atoms with E-state index in [-0.39, 0.29) is 24.7 Å². The van der Waals surface area contributed by atoms with Gasteiger partial charge < -0.3 is 10.4 Å². The van der Waals surface area contributed by atoms with Gasteiger partial charge in [-0.2, -0.15) is 4.72 Å². The second-order valence-corrected chi connectivity index (χ2v) is 4.41. The molecule has 1 unspecified atom stereocenters. The summed E-state index contributed by atoms with van der Waals surface area (Å²) in [4.78, 5) is 10.4. The molecule has 1 aliphatic rings. The van der Waals surface area contributed by atoms with Gasteiger partial charge >= 0.3 is 5.97 Å². The molecule has 3 N–H and O–H groups in total. The van der Waals surface area contributed by atoms with Crippen molar-refractivity contribution in [2.24, 2.45) is 0 Å². The van der Waals surface area contributed by atoms with Gasteiger partial charge in [0.2, 0.25) is 10.0 Å². The summed E-state index contributed by atoms with van der Waals surface area (Å²) in [5, 5.41) is 11.2. The molecule has 0 radical (unpaired) electrons. The van der Waals surface area contributed by atoms with Crippen LogP contribution in [0.2, 0.25) is 0 Å². The van der Waals surface area contributed by atoms with Crippen LogP contribution in [0, 0.1) is 0 Å². The smallest absolute Gasteiger partial charge is 0.323 e. The maximum absolute atomic E-state index is 11.0. The molecule has 0 aromatic carbocycles. The Labute approximate surface area is 82.2 Å². The van der Waals surface area contributed by atoms with Gasteiger partial charge in [-0.3, -0.25) is 4.79 Å². The molecule has 0 saturated carbocycles. The Morgan fingerprint density at radius 2 is 2.08 bits per heavy atom. The van der Waals surface area contributed by atoms with E-state index in [0.717, 1.165) is 0 Å². The van der Waals surface area contributed by atoms with E-state index in [9.17, 15) is 13.2 Å². The molecule has 1 heterocycles. The zero-order valence-electron chi connectivity index (χ0n) is 6.69. The summed E-state index contributed by atoms with van der Waals surface area (Å²) in [6, 6.07) is -1.04. The third kappa shape index (κ3) is 3.90. The Morgan fingerprint density at radius 3 is 2.62 bits per heavy atom. The van der Waals surface area contributed by atoms with Crippen LogP contribution in [0.15, 0.2) is 0 Å². The minimum atomic E-state index is -3.41. The van der Waals surface area contributed by atoms with Crippen LogP contribution in [-0.2, 0) is 14.8 Å². The van der Waals surface area contributed by atoms with E-state index in [4.69, 9.17) is 5.11 Å². The average Bonchev–Trinajstić information content (AvgIpc) is 2.10. The van der Waals surface area contributed by atoms with E-state index in [1.807, 2.05) is 0 Å². The highest BCUT2D eigenvalue weighted by Crippen LogP contribution is 1.93. The summed E-state index contributed by atoms with van der Waals surface area (Å²) >= 11 is 0. The van der Waals surface area contributed by atoms with Gasteiger partial charge in [-0.25, -0.2) is 8.42 Å². The molecule has 0 spiro atoms. The van der Waals surface area contributed by atoms with Crippen molar-refractivity contribution in [2.75, 3.05) is 18.8 Å². The quantitative estimate of drug-likeness (QED) is 0.504. The van der Waals surface area contributed by atoms with Crippen LogP contribution < -0.4 is 10.0 Å². The molecule has 6 nitrogen and oxygen atoms in total. The first-order valence-electron chi connectivity index (χ1n) is 3.45. The number of rotatable bonds is 1. The molecule has 1 saturated heterocycles. The highest BCUT2D eigenvalue weighted by molar-refractivity contribution is 7.89. The summed E-state index contributed by atoms with van der Waals surface area (Å²) in [7, 11) is -3.41. The highest BCUT2D eigenvalue weighted by Gasteiger charge is 2.25. The maximum atomic E-state index is 11.0. The predicted molar refractivity (Wildman–Crippen MR) is 48.5 cm³/mol. The van der Waals surface area contributed by atoms with E-state index >= 15 is 0 Å². The third-order valence-corrected chi connectivity index (χ3v) is 2.90. The fraction of sp³-hybridized carbons (Fsp3) is 0.800. The lowest BCUT2D eigenvalue weighted by Gasteiger charge is -2.08. The number of carbonyl (C=O) groups is 1. The van der Waals surface area contributed by atoms with Gasteiger partial charge in [0.1, 0.15) is 6.04 Å². The highest BCUT2D eigenvalue weighted by atomic mass is 35.5. The second kappa shape index (κ2) is 4.75. The largest absolute Gasteiger partial charge is 0.480 e. The molecule has 0 amide bonds. The minimum Gasteiger partial charge on any atom is -0.480 e. The molecule has 0 bridgehead atoms. The van der Waals surface area contributed by atoms with Crippen LogP contribution >= 0.6 is 12.4 Å². The van der Waals surface area contributed by atoms with E-state index in [0.29, 0.717) is 6.54 Å². The third-order valence-electron chi connectivity index (χ3n) is 1.52. The topological polar surface area (TPSA) is 95.5 Å². The molecule has 78 valence electrons. The standard InChI is InChI=1S/C5H10N2O4S.ClH/c8-5(9)4-3-6-1-2-12(10,11)7-4;/h4,6-7H,1-3H2,(H,8,9);1H. The first kappa shape index (κ1) is 12.6. The lowest BCUT2D eigenvalue weighted by atomic mass is 10.3. The molecule has 13 heavy (non-hydrogen) atoms. The fourth-order valence-corrected chi connectivity index (χ4v) is 2.06. The SMILES string of the molecule is Cl.O=C(O)C1CNCCS(=O)(=O)N1. The van der Waals surface area contributed by atoms with Gasteiger partial charge in [0.25, 0.3) is 0 Å².